The van der Waals surface area contributed by atoms with Gasteiger partial charge in [0.05, 0.1) is 11.6 Å². The van der Waals surface area contributed by atoms with Gasteiger partial charge < -0.3 is 4.90 Å². The van der Waals surface area contributed by atoms with Crippen molar-refractivity contribution in [3.8, 4) is 5.69 Å². The summed E-state index contributed by atoms with van der Waals surface area (Å²) < 4.78 is 3.11. The van der Waals surface area contributed by atoms with Gasteiger partial charge in [0.1, 0.15) is 5.82 Å². The van der Waals surface area contributed by atoms with E-state index in [2.05, 4.69) is 5.10 Å². The number of nitrogens with zero attached hydrogens (tertiary/aromatic N) is 4. The van der Waals surface area contributed by atoms with Gasteiger partial charge in [-0.05, 0) is 36.1 Å². The molecule has 2 heterocycles. The van der Waals surface area contributed by atoms with Gasteiger partial charge in [0.25, 0.3) is 0 Å². The van der Waals surface area contributed by atoms with Crippen LogP contribution in [0.4, 0.5) is 0 Å². The van der Waals surface area contributed by atoms with E-state index in [9.17, 15) is 9.59 Å². The Morgan fingerprint density at radius 3 is 1.85 bits per heavy atom. The molecule has 172 valence electrons. The molecule has 3 aromatic carbocycles. The number of hydrogen-bond donors (Lipinski definition) is 0. The number of amides is 1. The summed E-state index contributed by atoms with van der Waals surface area (Å²) in [7, 11) is 1.69. The molecule has 6 nitrogen and oxygen atoms in total. The molecular weight excluding hydrogens is 424 g/mol. The van der Waals surface area contributed by atoms with Crippen molar-refractivity contribution in [2.45, 2.75) is 24.7 Å². The zero-order valence-corrected chi connectivity index (χ0v) is 19.2. The average molecular weight is 453 g/mol. The second-order valence-corrected chi connectivity index (χ2v) is 8.79. The van der Waals surface area contributed by atoms with Gasteiger partial charge >= 0.3 is 5.69 Å². The molecule has 0 radical (unpaired) electrons. The monoisotopic (exact) mass is 452 g/mol. The number of rotatable bonds is 5. The highest BCUT2D eigenvalue weighted by atomic mass is 16.2. The molecule has 0 spiro atoms. The van der Waals surface area contributed by atoms with Crippen LogP contribution >= 0.6 is 0 Å². The average Bonchev–Trinajstić information content (AvgIpc) is 3.20. The molecule has 1 aliphatic rings. The Labute approximate surface area is 199 Å². The number of aryl methyl sites for hydroxylation is 1. The van der Waals surface area contributed by atoms with Crippen LogP contribution in [0.2, 0.25) is 0 Å². The van der Waals surface area contributed by atoms with Crippen LogP contribution in [-0.4, -0.2) is 38.2 Å². The first-order valence-corrected chi connectivity index (χ1v) is 11.7. The fourth-order valence-electron chi connectivity index (χ4n) is 4.88. The molecule has 1 fully saturated rings. The van der Waals surface area contributed by atoms with Gasteiger partial charge in [0.2, 0.25) is 5.91 Å². The van der Waals surface area contributed by atoms with Gasteiger partial charge in [-0.15, -0.1) is 0 Å². The van der Waals surface area contributed by atoms with Crippen LogP contribution < -0.4 is 5.69 Å². The molecule has 1 aliphatic heterocycles. The van der Waals surface area contributed by atoms with Gasteiger partial charge in [-0.1, -0.05) is 78.9 Å². The van der Waals surface area contributed by atoms with E-state index in [1.165, 1.54) is 4.68 Å². The van der Waals surface area contributed by atoms with Crippen LogP contribution in [0, 0.1) is 0 Å². The van der Waals surface area contributed by atoms with Crippen LogP contribution in [0.5, 0.6) is 0 Å². The van der Waals surface area contributed by atoms with Crippen molar-refractivity contribution in [2.24, 2.45) is 7.05 Å². The molecular formula is C28H28N4O2. The van der Waals surface area contributed by atoms with E-state index in [-0.39, 0.29) is 23.4 Å². The lowest BCUT2D eigenvalue weighted by Gasteiger charge is -2.34. The minimum Gasteiger partial charge on any atom is -0.342 e. The lowest BCUT2D eigenvalue weighted by Crippen LogP contribution is -2.41. The van der Waals surface area contributed by atoms with Crippen molar-refractivity contribution in [1.82, 2.24) is 19.2 Å². The lowest BCUT2D eigenvalue weighted by molar-refractivity contribution is -0.133. The van der Waals surface area contributed by atoms with E-state index in [1.54, 1.807) is 11.6 Å². The number of carbonyl (C=O) groups excluding carboxylic acids is 1. The van der Waals surface area contributed by atoms with Crippen molar-refractivity contribution < 1.29 is 4.79 Å². The zero-order chi connectivity index (χ0) is 23.5. The summed E-state index contributed by atoms with van der Waals surface area (Å²) in [6.07, 6.45) is 1.54. The van der Waals surface area contributed by atoms with Crippen LogP contribution in [0.1, 0.15) is 41.6 Å². The van der Waals surface area contributed by atoms with Gasteiger partial charge in [-0.3, -0.25) is 4.79 Å². The third-order valence-electron chi connectivity index (χ3n) is 6.65. The fourth-order valence-corrected chi connectivity index (χ4v) is 4.88. The van der Waals surface area contributed by atoms with E-state index in [0.29, 0.717) is 13.1 Å². The maximum absolute atomic E-state index is 13.7. The Morgan fingerprint density at radius 1 is 0.824 bits per heavy atom. The summed E-state index contributed by atoms with van der Waals surface area (Å²) in [5.74, 6) is 0.687. The molecule has 34 heavy (non-hydrogen) atoms. The predicted molar refractivity (Wildman–Crippen MR) is 132 cm³/mol. The Kier molecular flexibility index (Phi) is 6.12. The van der Waals surface area contributed by atoms with Crippen LogP contribution in [0.25, 0.3) is 5.69 Å². The van der Waals surface area contributed by atoms with Gasteiger partial charge in [-0.25, -0.2) is 14.0 Å². The molecule has 0 aliphatic carbocycles. The summed E-state index contributed by atoms with van der Waals surface area (Å²) in [4.78, 5) is 28.5. The molecule has 0 bridgehead atoms. The first-order valence-electron chi connectivity index (χ1n) is 11.7. The third kappa shape index (κ3) is 4.19. The van der Waals surface area contributed by atoms with Crippen LogP contribution in [0.15, 0.2) is 95.8 Å². The molecule has 1 amide bonds. The normalized spacial score (nSPS) is 14.5. The van der Waals surface area contributed by atoms with E-state index < -0.39 is 0 Å². The summed E-state index contributed by atoms with van der Waals surface area (Å²) in [5.41, 5.74) is 2.68. The highest BCUT2D eigenvalue weighted by Gasteiger charge is 2.32. The molecule has 0 unspecified atom stereocenters. The van der Waals surface area contributed by atoms with Crippen molar-refractivity contribution in [3.05, 3.63) is 118 Å². The molecule has 0 N–H and O–H groups in total. The largest absolute Gasteiger partial charge is 0.350 e. The Balaban J connectivity index is 1.38. The Bertz CT molecular complexity index is 1270. The summed E-state index contributed by atoms with van der Waals surface area (Å²) in [6, 6.07) is 29.6. The first-order chi connectivity index (χ1) is 16.6. The minimum atomic E-state index is -0.323. The maximum atomic E-state index is 13.7. The van der Waals surface area contributed by atoms with Gasteiger partial charge in [0, 0.05) is 26.1 Å². The minimum absolute atomic E-state index is 0.116. The highest BCUT2D eigenvalue weighted by molar-refractivity contribution is 5.87. The summed E-state index contributed by atoms with van der Waals surface area (Å²) in [5, 5.41) is 4.57. The molecule has 6 heteroatoms. The predicted octanol–water partition coefficient (Wildman–Crippen LogP) is 4.11. The second kappa shape index (κ2) is 9.51. The van der Waals surface area contributed by atoms with Gasteiger partial charge in [0.15, 0.2) is 0 Å². The van der Waals surface area contributed by atoms with Crippen LogP contribution in [-0.2, 0) is 11.8 Å². The molecule has 4 aromatic rings. The zero-order valence-electron chi connectivity index (χ0n) is 19.2. The third-order valence-corrected chi connectivity index (χ3v) is 6.65. The number of aromatic nitrogens is 3. The molecule has 1 aromatic heterocycles. The van der Waals surface area contributed by atoms with Gasteiger partial charge in [-0.2, -0.15) is 5.10 Å². The number of para-hydroxylation sites is 1. The summed E-state index contributed by atoms with van der Waals surface area (Å²) >= 11 is 0. The summed E-state index contributed by atoms with van der Waals surface area (Å²) in [6.45, 7) is 1.28. The van der Waals surface area contributed by atoms with E-state index in [1.807, 2.05) is 95.9 Å². The van der Waals surface area contributed by atoms with Crippen molar-refractivity contribution >= 4 is 5.91 Å². The quantitative estimate of drug-likeness (QED) is 0.458. The van der Waals surface area contributed by atoms with E-state index in [0.717, 1.165) is 35.5 Å². The molecule has 1 saturated heterocycles. The Hall–Kier alpha value is -3.93. The highest BCUT2D eigenvalue weighted by Crippen LogP contribution is 2.32. The van der Waals surface area contributed by atoms with E-state index >= 15 is 0 Å². The number of benzene rings is 3. The van der Waals surface area contributed by atoms with E-state index in [4.69, 9.17) is 0 Å². The molecule has 5 rings (SSSR count). The van der Waals surface area contributed by atoms with Crippen molar-refractivity contribution in [3.63, 3.8) is 0 Å². The lowest BCUT2D eigenvalue weighted by atomic mass is 9.88. The maximum Gasteiger partial charge on any atom is 0.350 e. The topological polar surface area (TPSA) is 60.1 Å². The molecule has 0 atom stereocenters. The second-order valence-electron chi connectivity index (χ2n) is 8.79. The SMILES string of the molecule is Cn1nc(C2CCN(C(=O)C(c3ccccc3)c3ccccc3)CC2)n(-c2ccccc2)c1=O. The number of piperidine rings is 1. The first kappa shape index (κ1) is 21.9. The van der Waals surface area contributed by atoms with Crippen molar-refractivity contribution in [2.75, 3.05) is 13.1 Å². The Morgan fingerprint density at radius 2 is 1.32 bits per heavy atom. The smallest absolute Gasteiger partial charge is 0.342 e. The number of carbonyl (C=O) groups is 1. The molecule has 0 saturated carbocycles. The fraction of sp³-hybridized carbons (Fsp3) is 0.250. The standard InChI is InChI=1S/C28H28N4O2/c1-30-28(34)32(24-15-9-4-10-16-24)26(29-30)23-17-19-31(20-18-23)27(33)25(21-11-5-2-6-12-21)22-13-7-3-8-14-22/h2-16,23,25H,17-20H2,1H3. The number of likely N-dealkylation sites (tertiary alicyclic amines) is 1. The van der Waals surface area contributed by atoms with Crippen molar-refractivity contribution in [1.29, 1.82) is 0 Å². The number of hydrogen-bond acceptors (Lipinski definition) is 3. The van der Waals surface area contributed by atoms with Crippen LogP contribution in [0.3, 0.4) is 0 Å².